The molecule has 0 saturated heterocycles. The fourth-order valence-corrected chi connectivity index (χ4v) is 3.04. The second-order valence-corrected chi connectivity index (χ2v) is 7.10. The van der Waals surface area contributed by atoms with Crippen LogP contribution in [0.3, 0.4) is 0 Å². The molecule has 0 atom stereocenters. The van der Waals surface area contributed by atoms with Gasteiger partial charge >= 0.3 is 5.97 Å². The van der Waals surface area contributed by atoms with Gasteiger partial charge in [-0.1, -0.05) is 6.07 Å². The van der Waals surface area contributed by atoms with Crippen LogP contribution in [0, 0.1) is 0 Å². The largest absolute Gasteiger partial charge is 0.493 e. The number of hydrogen-bond acceptors (Lipinski definition) is 7. The van der Waals surface area contributed by atoms with Crippen LogP contribution >= 0.6 is 0 Å². The van der Waals surface area contributed by atoms with E-state index in [0.29, 0.717) is 30.8 Å². The molecule has 0 aliphatic rings. The van der Waals surface area contributed by atoms with Crippen LogP contribution in [0.4, 0.5) is 0 Å². The van der Waals surface area contributed by atoms with Crippen molar-refractivity contribution in [2.45, 2.75) is 11.3 Å². The molecule has 8 heteroatoms. The predicted octanol–water partition coefficient (Wildman–Crippen LogP) is 1.84. The Morgan fingerprint density at radius 2 is 1.96 bits per heavy atom. The van der Waals surface area contributed by atoms with E-state index in [-0.39, 0.29) is 16.1 Å². The van der Waals surface area contributed by atoms with Gasteiger partial charge in [0.2, 0.25) is 0 Å². The fourth-order valence-electron chi connectivity index (χ4n) is 2.20. The molecule has 1 heterocycles. The summed E-state index contributed by atoms with van der Waals surface area (Å²) in [7, 11) is -0.690. The lowest BCUT2D eigenvalue weighted by Gasteiger charge is -2.12. The minimum Gasteiger partial charge on any atom is -0.493 e. The lowest BCUT2D eigenvalue weighted by Crippen LogP contribution is -2.09. The number of ether oxygens (including phenoxy) is 3. The summed E-state index contributed by atoms with van der Waals surface area (Å²) in [6.07, 6.45) is 1.74. The summed E-state index contributed by atoms with van der Waals surface area (Å²) in [4.78, 5) is 16.0. The number of pyridine rings is 1. The van der Waals surface area contributed by atoms with Gasteiger partial charge < -0.3 is 14.2 Å². The van der Waals surface area contributed by atoms with Crippen LogP contribution in [0.1, 0.15) is 16.9 Å². The number of rotatable bonds is 7. The van der Waals surface area contributed by atoms with Crippen molar-refractivity contribution in [1.29, 1.82) is 0 Å². The molecule has 0 amide bonds. The molecule has 0 saturated carbocycles. The summed E-state index contributed by atoms with van der Waals surface area (Å²) in [6.45, 7) is 0.887. The van der Waals surface area contributed by atoms with Gasteiger partial charge in [-0.05, 0) is 12.1 Å². The van der Waals surface area contributed by atoms with Crippen molar-refractivity contribution in [3.05, 3.63) is 30.0 Å². The molecule has 2 rings (SSSR count). The van der Waals surface area contributed by atoms with E-state index in [0.717, 1.165) is 6.26 Å². The van der Waals surface area contributed by atoms with Gasteiger partial charge in [0.05, 0.1) is 24.1 Å². The number of fused-ring (bicyclic) bond motifs is 1. The first-order valence-corrected chi connectivity index (χ1v) is 9.11. The third kappa shape index (κ3) is 4.01. The number of sulfone groups is 1. The Kier molecular flexibility index (Phi) is 5.74. The molecule has 0 unspecified atom stereocenters. The van der Waals surface area contributed by atoms with Crippen LogP contribution in [0.25, 0.3) is 10.9 Å². The summed E-state index contributed by atoms with van der Waals surface area (Å²) in [5.74, 6) is -0.288. The van der Waals surface area contributed by atoms with Crippen LogP contribution in [-0.2, 0) is 19.3 Å². The van der Waals surface area contributed by atoms with Crippen LogP contribution < -0.4 is 4.74 Å². The molecule has 130 valence electrons. The van der Waals surface area contributed by atoms with Crippen LogP contribution in [0.2, 0.25) is 0 Å². The Hall–Kier alpha value is -2.19. The van der Waals surface area contributed by atoms with Gasteiger partial charge in [0.25, 0.3) is 0 Å². The lowest BCUT2D eigenvalue weighted by atomic mass is 10.2. The van der Waals surface area contributed by atoms with Gasteiger partial charge in [-0.2, -0.15) is 0 Å². The quantitative estimate of drug-likeness (QED) is 0.554. The number of carbonyl (C=O) groups excluding carboxylic acids is 1. The maximum atomic E-state index is 12.0. The first-order chi connectivity index (χ1) is 11.4. The Labute approximate surface area is 140 Å². The minimum atomic E-state index is -3.51. The van der Waals surface area contributed by atoms with Crippen molar-refractivity contribution in [3.63, 3.8) is 0 Å². The topological polar surface area (TPSA) is 91.8 Å². The molecule has 2 aromatic rings. The van der Waals surface area contributed by atoms with E-state index >= 15 is 0 Å². The Bertz CT molecular complexity index is 847. The molecule has 0 spiro atoms. The van der Waals surface area contributed by atoms with Gasteiger partial charge in [0.15, 0.2) is 15.5 Å². The highest BCUT2D eigenvalue weighted by molar-refractivity contribution is 7.91. The number of nitrogens with zero attached hydrogens (tertiary/aromatic N) is 1. The van der Waals surface area contributed by atoms with Gasteiger partial charge in [-0.25, -0.2) is 18.2 Å². The van der Waals surface area contributed by atoms with E-state index in [2.05, 4.69) is 9.72 Å². The van der Waals surface area contributed by atoms with E-state index < -0.39 is 15.8 Å². The fraction of sp³-hybridized carbons (Fsp3) is 0.375. The first kappa shape index (κ1) is 18.2. The number of aromatic nitrogens is 1. The highest BCUT2D eigenvalue weighted by atomic mass is 32.2. The van der Waals surface area contributed by atoms with Crippen molar-refractivity contribution in [2.24, 2.45) is 0 Å². The summed E-state index contributed by atoms with van der Waals surface area (Å²) in [5.41, 5.74) is 0.174. The predicted molar refractivity (Wildman–Crippen MR) is 88.2 cm³/mol. The zero-order valence-corrected chi connectivity index (χ0v) is 14.6. The van der Waals surface area contributed by atoms with Crippen molar-refractivity contribution >= 4 is 26.7 Å². The number of carbonyl (C=O) groups is 1. The molecule has 0 N–H and O–H groups in total. The van der Waals surface area contributed by atoms with Gasteiger partial charge in [-0.3, -0.25) is 0 Å². The smallest absolute Gasteiger partial charge is 0.356 e. The summed E-state index contributed by atoms with van der Waals surface area (Å²) >= 11 is 0. The molecule has 0 aliphatic heterocycles. The van der Waals surface area contributed by atoms with Gasteiger partial charge in [0.1, 0.15) is 5.75 Å². The maximum absolute atomic E-state index is 12.0. The average Bonchev–Trinajstić information content (AvgIpc) is 2.56. The second kappa shape index (κ2) is 7.59. The van der Waals surface area contributed by atoms with Gasteiger partial charge in [0, 0.05) is 37.8 Å². The van der Waals surface area contributed by atoms with Gasteiger partial charge in [-0.15, -0.1) is 0 Å². The SMILES string of the molecule is COCCCOc1cc(C(=O)OC)nc2c(S(C)(=O)=O)cccc12. The molecular weight excluding hydrogens is 334 g/mol. The standard InChI is InChI=1S/C16H19NO6S/c1-21-8-5-9-23-13-10-12(16(18)22-2)17-15-11(13)6-4-7-14(15)24(3,19)20/h4,6-7,10H,5,8-9H2,1-3H3. The molecule has 7 nitrogen and oxygen atoms in total. The minimum absolute atomic E-state index is 0.0113. The summed E-state index contributed by atoms with van der Waals surface area (Å²) in [6, 6.07) is 6.21. The Morgan fingerprint density at radius 1 is 1.21 bits per heavy atom. The van der Waals surface area contributed by atoms with Crippen molar-refractivity contribution in [3.8, 4) is 5.75 Å². The zero-order chi connectivity index (χ0) is 17.7. The number of methoxy groups -OCH3 is 2. The van der Waals surface area contributed by atoms with Crippen molar-refractivity contribution < 1.29 is 27.4 Å². The van der Waals surface area contributed by atoms with Crippen LogP contribution in [0.5, 0.6) is 5.75 Å². The Balaban J connectivity index is 2.60. The van der Waals surface area contributed by atoms with E-state index in [9.17, 15) is 13.2 Å². The number of esters is 1. The van der Waals surface area contributed by atoms with Crippen molar-refractivity contribution in [2.75, 3.05) is 33.7 Å². The molecule has 0 bridgehead atoms. The van der Waals surface area contributed by atoms with E-state index in [4.69, 9.17) is 9.47 Å². The van der Waals surface area contributed by atoms with E-state index in [1.807, 2.05) is 0 Å². The second-order valence-electron chi connectivity index (χ2n) is 5.12. The summed E-state index contributed by atoms with van der Waals surface area (Å²) in [5, 5.41) is 0.517. The zero-order valence-electron chi connectivity index (χ0n) is 13.7. The molecule has 1 aromatic heterocycles. The normalized spacial score (nSPS) is 11.5. The van der Waals surface area contributed by atoms with E-state index in [1.165, 1.54) is 19.2 Å². The van der Waals surface area contributed by atoms with Crippen LogP contribution in [0.15, 0.2) is 29.2 Å². The maximum Gasteiger partial charge on any atom is 0.356 e. The molecule has 24 heavy (non-hydrogen) atoms. The van der Waals surface area contributed by atoms with Crippen molar-refractivity contribution in [1.82, 2.24) is 4.98 Å². The van der Waals surface area contributed by atoms with E-state index in [1.54, 1.807) is 19.2 Å². The highest BCUT2D eigenvalue weighted by Crippen LogP contribution is 2.30. The third-order valence-electron chi connectivity index (χ3n) is 3.31. The number of hydrogen-bond donors (Lipinski definition) is 0. The number of para-hydroxylation sites is 1. The molecule has 0 fully saturated rings. The summed E-state index contributed by atoms with van der Waals surface area (Å²) < 4.78 is 39.3. The lowest BCUT2D eigenvalue weighted by molar-refractivity contribution is 0.0594. The molecule has 0 radical (unpaired) electrons. The average molecular weight is 353 g/mol. The monoisotopic (exact) mass is 353 g/mol. The Morgan fingerprint density at radius 3 is 2.58 bits per heavy atom. The number of benzene rings is 1. The highest BCUT2D eigenvalue weighted by Gasteiger charge is 2.19. The molecular formula is C16H19NO6S. The van der Waals surface area contributed by atoms with Crippen LogP contribution in [-0.4, -0.2) is 53.1 Å². The first-order valence-electron chi connectivity index (χ1n) is 7.22. The third-order valence-corrected chi connectivity index (χ3v) is 4.44. The molecule has 1 aromatic carbocycles. The molecule has 0 aliphatic carbocycles.